The minimum Gasteiger partial charge on any atom is -0.456 e. The summed E-state index contributed by atoms with van der Waals surface area (Å²) < 4.78 is 216. The maximum Gasteiger partial charge on any atom is 0.179 e. The zero-order chi connectivity index (χ0) is 65.7. The molecule has 324 valence electrons. The molecular weight excluding hydrogens is 857 g/mol. The van der Waals surface area contributed by atoms with Gasteiger partial charge in [-0.25, -0.2) is 15.0 Å². The van der Waals surface area contributed by atoms with E-state index in [2.05, 4.69) is 4.98 Å². The molecule has 0 atom stereocenters. The first kappa shape index (κ1) is 23.2. The molecule has 3 heterocycles. The zero-order valence-corrected chi connectivity index (χ0v) is 36.7. The smallest absolute Gasteiger partial charge is 0.179 e. The average Bonchev–Trinajstić information content (AvgIpc) is 1.52. The summed E-state index contributed by atoms with van der Waals surface area (Å²) in [4.78, 5) is 14.4. The van der Waals surface area contributed by atoms with Gasteiger partial charge in [-0.1, -0.05) is 212 Å². The summed E-state index contributed by atoms with van der Waals surface area (Å²) in [5.41, 5.74) is -4.99. The maximum atomic E-state index is 10.1. The quantitative estimate of drug-likeness (QED) is 0.107. The molecule has 10 aromatic carbocycles. The van der Waals surface area contributed by atoms with E-state index in [1.54, 1.807) is 12.1 Å². The van der Waals surface area contributed by atoms with Crippen molar-refractivity contribution in [3.05, 3.63) is 254 Å². The van der Waals surface area contributed by atoms with Gasteiger partial charge in [-0.2, -0.15) is 0 Å². The van der Waals surface area contributed by atoms with E-state index in [-0.39, 0.29) is 22.2 Å². The van der Waals surface area contributed by atoms with E-state index in [0.29, 0.717) is 0 Å². The molecule has 69 heavy (non-hydrogen) atoms. The molecule has 0 amide bonds. The molecule has 0 saturated carbocycles. The minimum absolute atomic E-state index is 0.233. The average molecular weight is 922 g/mol. The van der Waals surface area contributed by atoms with Crippen LogP contribution < -0.4 is 20.7 Å². The molecule has 0 bridgehead atoms. The van der Waals surface area contributed by atoms with Crippen molar-refractivity contribution in [1.82, 2.24) is 19.5 Å². The van der Waals surface area contributed by atoms with Crippen LogP contribution in [0.1, 0.15) is 31.5 Å². The summed E-state index contributed by atoms with van der Waals surface area (Å²) in [5.74, 6) is -1.54. The van der Waals surface area contributed by atoms with Crippen LogP contribution in [-0.2, 0) is 0 Å². The fourth-order valence-electron chi connectivity index (χ4n) is 8.86. The molecule has 0 N–H and O–H groups in total. The highest BCUT2D eigenvalue weighted by Crippen LogP contribution is 2.35. The third-order valence-corrected chi connectivity index (χ3v) is 16.7. The number of aromatic nitrogens is 4. The van der Waals surface area contributed by atoms with Gasteiger partial charge < -0.3 is 8.98 Å². The Kier molecular flexibility index (Phi) is 5.61. The Bertz CT molecular complexity index is 5200. The summed E-state index contributed by atoms with van der Waals surface area (Å²) >= 11 is 0. The van der Waals surface area contributed by atoms with E-state index in [1.807, 2.05) is 103 Å². The third-order valence-electron chi connectivity index (χ3n) is 11.9. The molecule has 13 aromatic rings. The predicted octanol–water partition coefficient (Wildman–Crippen LogP) is 12.9. The molecule has 0 aliphatic carbocycles. The van der Waals surface area contributed by atoms with Gasteiger partial charge in [0, 0.05) is 43.9 Å². The monoisotopic (exact) mass is 921 g/mol. The zero-order valence-electron chi connectivity index (χ0n) is 58.7. The van der Waals surface area contributed by atoms with Crippen LogP contribution in [0.4, 0.5) is 0 Å². The van der Waals surface area contributed by atoms with Crippen molar-refractivity contribution in [1.29, 1.82) is 0 Å². The van der Waals surface area contributed by atoms with Gasteiger partial charge in [0.15, 0.2) is 25.5 Å². The lowest BCUT2D eigenvalue weighted by atomic mass is 10.0. The Morgan fingerprint density at radius 1 is 0.362 bits per heavy atom. The Balaban J connectivity index is 1.13. The first-order valence-electron chi connectivity index (χ1n) is 33.0. The van der Waals surface area contributed by atoms with Gasteiger partial charge in [-0.3, -0.25) is 0 Å². The molecule has 0 spiro atoms. The van der Waals surface area contributed by atoms with Crippen molar-refractivity contribution in [3.8, 4) is 51.0 Å². The Morgan fingerprint density at radius 2 is 0.870 bits per heavy atom. The lowest BCUT2D eigenvalue weighted by Crippen LogP contribution is -2.74. The highest BCUT2D eigenvalue weighted by Gasteiger charge is 2.41. The number of furan rings is 1. The lowest BCUT2D eigenvalue weighted by Gasteiger charge is -2.34. The third kappa shape index (κ3) is 6.88. The van der Waals surface area contributed by atoms with Gasteiger partial charge in [0.2, 0.25) is 0 Å². The van der Waals surface area contributed by atoms with E-state index in [9.17, 15) is 16.4 Å². The van der Waals surface area contributed by atoms with Crippen molar-refractivity contribution < 1.29 is 35.9 Å². The topological polar surface area (TPSA) is 56.7 Å². The first-order chi connectivity index (χ1) is 43.8. The van der Waals surface area contributed by atoms with Crippen LogP contribution in [0.3, 0.4) is 0 Å². The summed E-state index contributed by atoms with van der Waals surface area (Å²) in [5, 5.41) is 2.26. The molecule has 5 nitrogen and oxygen atoms in total. The van der Waals surface area contributed by atoms with Gasteiger partial charge in [0.25, 0.3) is 0 Å². The SMILES string of the molecule is [2H]c1c([2H])c(-c2nc(-c3cccc([Si](c4ccccc4)(c4ccccc4)c4ccccc4)c3)nc(-c3c([2H])c([2H])c(-c4c([2H])c([2H])c5c(oc6c([2H])c([2H])c([2H])c([2H])c65)c4[2H])c([2H])c3[2H])n2)c([2H])c(-n2c3c([2H])c([2H])c([2H])c([2H])c3c3c([2H])c([2H])c([2H])c([2H])c32)c1[2H]. The molecule has 3 aromatic heterocycles. The van der Waals surface area contributed by atoms with Crippen molar-refractivity contribution >= 4 is 72.6 Å². The number of nitrogens with zero attached hydrogens (tertiary/aromatic N) is 4. The molecule has 0 unspecified atom stereocenters. The molecule has 13 rings (SSSR count). The van der Waals surface area contributed by atoms with Gasteiger partial charge in [-0.15, -0.1) is 0 Å². The van der Waals surface area contributed by atoms with Crippen LogP contribution in [0.5, 0.6) is 0 Å². The number of rotatable bonds is 9. The minimum atomic E-state index is -3.37. The number of hydrogen-bond acceptors (Lipinski definition) is 4. The van der Waals surface area contributed by atoms with Crippen molar-refractivity contribution in [3.63, 3.8) is 0 Å². The van der Waals surface area contributed by atoms with Gasteiger partial charge in [0.1, 0.15) is 11.2 Å². The van der Waals surface area contributed by atoms with Gasteiger partial charge >= 0.3 is 0 Å². The van der Waals surface area contributed by atoms with Crippen molar-refractivity contribution in [2.75, 3.05) is 0 Å². The lowest BCUT2D eigenvalue weighted by molar-refractivity contribution is 0.669. The van der Waals surface area contributed by atoms with Crippen LogP contribution in [0.15, 0.2) is 259 Å². The second-order valence-electron chi connectivity index (χ2n) is 15.8. The highest BCUT2D eigenvalue weighted by molar-refractivity contribution is 7.19. The molecule has 0 aliphatic rings. The largest absolute Gasteiger partial charge is 0.456 e. The fourth-order valence-corrected chi connectivity index (χ4v) is 13.7. The first-order valence-corrected chi connectivity index (χ1v) is 23.5. The molecule has 0 aliphatic heterocycles. The second-order valence-corrected chi connectivity index (χ2v) is 19.6. The maximum absolute atomic E-state index is 10.1. The van der Waals surface area contributed by atoms with E-state index >= 15 is 0 Å². The van der Waals surface area contributed by atoms with Crippen LogP contribution in [0.2, 0.25) is 0 Å². The van der Waals surface area contributed by atoms with E-state index in [1.165, 1.54) is 0 Å². The summed E-state index contributed by atoms with van der Waals surface area (Å²) in [6.07, 6.45) is 0. The van der Waals surface area contributed by atoms with E-state index in [0.717, 1.165) is 25.3 Å². The normalized spacial score (nSPS) is 16.4. The molecule has 0 fully saturated rings. The molecular formula is C63H42N4OSi. The molecule has 0 radical (unpaired) electrons. The number of fused-ring (bicyclic) bond motifs is 6. The van der Waals surface area contributed by atoms with Gasteiger partial charge in [0.05, 0.1) is 42.6 Å². The highest BCUT2D eigenvalue weighted by atomic mass is 28.3. The second kappa shape index (κ2) is 16.7. The summed E-state index contributed by atoms with van der Waals surface area (Å²) in [6, 6.07) is 18.5. The summed E-state index contributed by atoms with van der Waals surface area (Å²) in [7, 11) is -3.37. The van der Waals surface area contributed by atoms with E-state index < -0.39 is 220 Å². The predicted molar refractivity (Wildman–Crippen MR) is 287 cm³/mol. The fraction of sp³-hybridized carbons (Fsp3) is 0. The number of para-hydroxylation sites is 3. The Hall–Kier alpha value is -8.97. The van der Waals surface area contributed by atoms with Crippen LogP contribution >= 0.6 is 0 Å². The molecule has 6 heteroatoms. The van der Waals surface area contributed by atoms with Crippen molar-refractivity contribution in [2.24, 2.45) is 0 Å². The van der Waals surface area contributed by atoms with Gasteiger partial charge in [-0.05, 0) is 74.2 Å². The number of hydrogen-bond donors (Lipinski definition) is 0. The van der Waals surface area contributed by atoms with Crippen LogP contribution in [-0.4, -0.2) is 27.6 Å². The molecule has 0 saturated heterocycles. The standard InChI is InChI=1S/C63H42N4OSi/c1-4-21-49(22-5-1)69(50-23-6-2-7-24-50,51-25-8-3-9-26-51)52-27-17-19-47(41-52)63-65-61(44-36-34-43(35-37-44)45-38-39-56-55-30-12-15-33-59(55)68-60(56)42-45)64-62(66-63)46-18-16-20-48(40-46)67-57-31-13-10-28-53(57)54-29-11-14-32-58(54)67/h1-42H/i10D,11D,12D,13D,14D,15D,16D,18D,20D,28D,29D,30D,31D,32D,33D,34D,35D,36D,37D,38D,39D,40D,42D. The Labute approximate surface area is 432 Å². The summed E-state index contributed by atoms with van der Waals surface area (Å²) in [6.45, 7) is 0. The van der Waals surface area contributed by atoms with Crippen molar-refractivity contribution in [2.45, 2.75) is 0 Å². The number of benzene rings is 10. The van der Waals surface area contributed by atoms with Crippen LogP contribution in [0.25, 0.3) is 94.7 Å². The Morgan fingerprint density at radius 3 is 1.51 bits per heavy atom. The van der Waals surface area contributed by atoms with E-state index in [4.69, 9.17) is 29.5 Å². The van der Waals surface area contributed by atoms with Crippen LogP contribution in [0, 0.1) is 0 Å².